The summed E-state index contributed by atoms with van der Waals surface area (Å²) in [6.45, 7) is 0. The Hall–Kier alpha value is 0.0499. The van der Waals surface area contributed by atoms with Crippen molar-refractivity contribution in [3.63, 3.8) is 0 Å². The Kier molecular flexibility index (Phi) is 4.09. The number of hydrogen-bond donors (Lipinski definition) is 2. The van der Waals surface area contributed by atoms with Crippen molar-refractivity contribution in [1.29, 1.82) is 0 Å². The predicted molar refractivity (Wildman–Crippen MR) is 27.9 cm³/mol. The van der Waals surface area contributed by atoms with Crippen LogP contribution in [0.2, 0.25) is 0 Å². The second kappa shape index (κ2) is 4.05. The van der Waals surface area contributed by atoms with Crippen LogP contribution < -0.4 is 10.4 Å². The minimum Gasteiger partial charge on any atom is -0.393 e. The zero-order valence-electron chi connectivity index (χ0n) is 3.71. The highest BCUT2D eigenvalue weighted by Crippen LogP contribution is 1.22. The molecule has 0 unspecified atom stereocenters. The zero-order chi connectivity index (χ0) is 4.12. The highest BCUT2D eigenvalue weighted by Gasteiger charge is 1.68. The zero-order valence-corrected chi connectivity index (χ0v) is 3.71. The monoisotopic (exact) mass is 70.1 g/mol. The van der Waals surface area contributed by atoms with Gasteiger partial charge in [-0.3, -0.25) is 0 Å². The Bertz CT molecular complexity index is 15.1. The third-order valence-corrected chi connectivity index (χ3v) is 0.354. The van der Waals surface area contributed by atoms with Gasteiger partial charge in [-0.15, -0.1) is 0 Å². The fourth-order valence-electron chi connectivity index (χ4n) is 0.177. The van der Waals surface area contributed by atoms with Crippen LogP contribution in [0.5, 0.6) is 0 Å². The van der Waals surface area contributed by atoms with Gasteiger partial charge in [0.1, 0.15) is 0 Å². The Morgan fingerprint density at radius 3 is 2.40 bits per heavy atom. The maximum atomic E-state index is 2.91. The van der Waals surface area contributed by atoms with Crippen LogP contribution in [0.25, 0.3) is 0 Å². The third-order valence-electron chi connectivity index (χ3n) is 0.354. The summed E-state index contributed by atoms with van der Waals surface area (Å²) in [7, 11) is 4.69. The molecule has 0 amide bonds. The van der Waals surface area contributed by atoms with Gasteiger partial charge in [0.15, 0.2) is 7.98 Å². The van der Waals surface area contributed by atoms with Gasteiger partial charge in [0.25, 0.3) is 7.55 Å². The van der Waals surface area contributed by atoms with E-state index in [1.807, 2.05) is 15.0 Å². The van der Waals surface area contributed by atoms with Crippen LogP contribution in [-0.4, -0.2) is 22.6 Å². The summed E-state index contributed by atoms with van der Waals surface area (Å²) in [6, 6.07) is 0. The summed E-state index contributed by atoms with van der Waals surface area (Å²) in [4.78, 5) is 0. The maximum absolute atomic E-state index is 2.91. The molecular weight excluding hydrogens is 61.6 g/mol. The molecular formula is CH8B2N2. The summed E-state index contributed by atoms with van der Waals surface area (Å²) >= 11 is 0. The first-order valence-electron chi connectivity index (χ1n) is 1.71. The van der Waals surface area contributed by atoms with Crippen molar-refractivity contribution in [2.75, 3.05) is 7.05 Å². The molecule has 0 spiro atoms. The fourth-order valence-corrected chi connectivity index (χ4v) is 0.177. The van der Waals surface area contributed by atoms with E-state index in [2.05, 4.69) is 10.4 Å². The van der Waals surface area contributed by atoms with Gasteiger partial charge in [-0.05, 0) is 7.05 Å². The number of nitrogens with one attached hydrogen (secondary N) is 2. The molecule has 0 heterocycles. The van der Waals surface area contributed by atoms with Gasteiger partial charge >= 0.3 is 0 Å². The molecule has 2 nitrogen and oxygen atoms in total. The summed E-state index contributed by atoms with van der Waals surface area (Å²) in [6.07, 6.45) is 0. The molecule has 0 saturated carbocycles. The summed E-state index contributed by atoms with van der Waals surface area (Å²) in [5, 5.41) is 5.81. The molecule has 0 aliphatic carbocycles. The van der Waals surface area contributed by atoms with E-state index >= 15 is 0 Å². The van der Waals surface area contributed by atoms with Crippen LogP contribution in [-0.2, 0) is 0 Å². The maximum Gasteiger partial charge on any atom is 0.274 e. The van der Waals surface area contributed by atoms with Gasteiger partial charge in [-0.1, -0.05) is 0 Å². The Morgan fingerprint density at radius 2 is 2.40 bits per heavy atom. The lowest BCUT2D eigenvalue weighted by Gasteiger charge is -1.84. The van der Waals surface area contributed by atoms with Crippen LogP contribution >= 0.6 is 0 Å². The SMILES string of the molecule is BNBNC. The molecule has 0 radical (unpaired) electrons. The normalized spacial score (nSPS) is 7.40. The molecule has 0 rings (SSSR count). The molecule has 2 N–H and O–H groups in total. The van der Waals surface area contributed by atoms with E-state index in [1.54, 1.807) is 0 Å². The van der Waals surface area contributed by atoms with E-state index in [0.717, 1.165) is 7.55 Å². The second-order valence-corrected chi connectivity index (χ2v) is 0.884. The van der Waals surface area contributed by atoms with Crippen LogP contribution in [0.3, 0.4) is 0 Å². The van der Waals surface area contributed by atoms with Crippen molar-refractivity contribution in [2.45, 2.75) is 0 Å². The quantitative estimate of drug-likeness (QED) is 0.354. The topological polar surface area (TPSA) is 24.1 Å². The molecule has 0 aromatic rings. The average molecular weight is 69.7 g/mol. The molecule has 28 valence electrons. The van der Waals surface area contributed by atoms with E-state index in [9.17, 15) is 0 Å². The Balaban J connectivity index is 2.19. The predicted octanol–water partition coefficient (Wildman–Crippen LogP) is -2.39. The number of rotatable bonds is 2. The minimum atomic E-state index is 0.889. The molecule has 0 aliphatic heterocycles. The lowest BCUT2D eigenvalue weighted by Crippen LogP contribution is -2.27. The second-order valence-electron chi connectivity index (χ2n) is 0.884. The van der Waals surface area contributed by atoms with Gasteiger partial charge in [-0.25, -0.2) is 0 Å². The van der Waals surface area contributed by atoms with Crippen molar-refractivity contribution < 1.29 is 0 Å². The molecule has 0 atom stereocenters. The van der Waals surface area contributed by atoms with E-state index in [-0.39, 0.29) is 0 Å². The Morgan fingerprint density at radius 1 is 1.80 bits per heavy atom. The van der Waals surface area contributed by atoms with E-state index in [4.69, 9.17) is 0 Å². The number of hydrogen-bond acceptors (Lipinski definition) is 2. The van der Waals surface area contributed by atoms with E-state index in [0.29, 0.717) is 0 Å². The van der Waals surface area contributed by atoms with E-state index in [1.165, 1.54) is 0 Å². The largest absolute Gasteiger partial charge is 0.393 e. The van der Waals surface area contributed by atoms with Gasteiger partial charge in [0, 0.05) is 0 Å². The fraction of sp³-hybridized carbons (Fsp3) is 1.00. The lowest BCUT2D eigenvalue weighted by atomic mass is 10.1. The molecule has 0 bridgehead atoms. The molecule has 0 aliphatic rings. The summed E-state index contributed by atoms with van der Waals surface area (Å²) in [5.74, 6) is 0. The van der Waals surface area contributed by atoms with Crippen molar-refractivity contribution in [3.05, 3.63) is 0 Å². The standard InChI is InChI=1S/CH8B2N2/c1-4-3-5-2/h3-5H,2H2,1H3. The minimum absolute atomic E-state index is 0.889. The molecule has 0 aromatic carbocycles. The average Bonchev–Trinajstić information content (AvgIpc) is 1.41. The van der Waals surface area contributed by atoms with Crippen molar-refractivity contribution in [3.8, 4) is 0 Å². The smallest absolute Gasteiger partial charge is 0.274 e. The molecule has 5 heavy (non-hydrogen) atoms. The first kappa shape index (κ1) is 5.05. The van der Waals surface area contributed by atoms with Gasteiger partial charge in [-0.2, -0.15) is 0 Å². The Labute approximate surface area is 34.0 Å². The van der Waals surface area contributed by atoms with Crippen molar-refractivity contribution in [2.24, 2.45) is 0 Å². The summed E-state index contributed by atoms with van der Waals surface area (Å²) in [5.41, 5.74) is 0. The first-order chi connectivity index (χ1) is 2.41. The highest BCUT2D eigenvalue weighted by atomic mass is 14.8. The van der Waals surface area contributed by atoms with Gasteiger partial charge in [0.05, 0.1) is 0 Å². The van der Waals surface area contributed by atoms with Crippen LogP contribution in [0.4, 0.5) is 0 Å². The lowest BCUT2D eigenvalue weighted by molar-refractivity contribution is 1.21. The molecule has 4 heteroatoms. The van der Waals surface area contributed by atoms with Crippen molar-refractivity contribution >= 4 is 15.5 Å². The molecule has 0 aromatic heterocycles. The molecule has 0 saturated heterocycles. The van der Waals surface area contributed by atoms with Crippen LogP contribution in [0.15, 0.2) is 0 Å². The first-order valence-corrected chi connectivity index (χ1v) is 1.71. The van der Waals surface area contributed by atoms with Gasteiger partial charge < -0.3 is 10.4 Å². The van der Waals surface area contributed by atoms with E-state index < -0.39 is 0 Å². The third kappa shape index (κ3) is 4.05. The van der Waals surface area contributed by atoms with Crippen LogP contribution in [0, 0.1) is 0 Å². The van der Waals surface area contributed by atoms with Crippen LogP contribution in [0.1, 0.15) is 0 Å². The highest BCUT2D eigenvalue weighted by molar-refractivity contribution is 6.39. The molecule has 0 fully saturated rings. The van der Waals surface area contributed by atoms with Crippen molar-refractivity contribution in [1.82, 2.24) is 10.4 Å². The van der Waals surface area contributed by atoms with Gasteiger partial charge in [0.2, 0.25) is 0 Å². The summed E-state index contributed by atoms with van der Waals surface area (Å²) < 4.78 is 0.